The molecule has 2 N–H and O–H groups in total. The van der Waals surface area contributed by atoms with Gasteiger partial charge in [-0.25, -0.2) is 32.1 Å². The standard InChI is InChI=1S/C16H23FN6O2S2/c1-10-13(26-15(18-3)20-10)12-11(17)9-19-14(21-12)22-16(2)5-7-23(8-6-16)27(4,24)25/h9H,5-8H2,1-4H3,(H,18,20)(H,19,21,22). The Labute approximate surface area is 162 Å². The predicted molar refractivity (Wildman–Crippen MR) is 105 cm³/mol. The molecule has 0 amide bonds. The van der Waals surface area contributed by atoms with E-state index < -0.39 is 15.8 Å². The lowest BCUT2D eigenvalue weighted by molar-refractivity contribution is 0.269. The molecular formula is C16H23FN6O2S2. The maximum absolute atomic E-state index is 14.3. The van der Waals surface area contributed by atoms with E-state index in [1.54, 1.807) is 7.05 Å². The van der Waals surface area contributed by atoms with Gasteiger partial charge in [0.2, 0.25) is 16.0 Å². The lowest BCUT2D eigenvalue weighted by Crippen LogP contribution is -2.49. The van der Waals surface area contributed by atoms with Crippen LogP contribution in [0.1, 0.15) is 25.5 Å². The fourth-order valence-electron chi connectivity index (χ4n) is 3.02. The van der Waals surface area contributed by atoms with Gasteiger partial charge in [0.15, 0.2) is 10.9 Å². The third-order valence-electron chi connectivity index (χ3n) is 4.68. The smallest absolute Gasteiger partial charge is 0.223 e. The van der Waals surface area contributed by atoms with Gasteiger partial charge in [-0.05, 0) is 26.7 Å². The number of nitrogens with one attached hydrogen (secondary N) is 2. The van der Waals surface area contributed by atoms with Crippen LogP contribution in [0.5, 0.6) is 0 Å². The zero-order chi connectivity index (χ0) is 19.8. The van der Waals surface area contributed by atoms with Crippen LogP contribution in [0.4, 0.5) is 15.5 Å². The number of hydrogen-bond acceptors (Lipinski definition) is 8. The van der Waals surface area contributed by atoms with Gasteiger partial charge in [-0.2, -0.15) is 0 Å². The first-order chi connectivity index (χ1) is 12.6. The minimum absolute atomic E-state index is 0.209. The van der Waals surface area contributed by atoms with Gasteiger partial charge in [-0.3, -0.25) is 0 Å². The molecule has 1 aliphatic heterocycles. The van der Waals surface area contributed by atoms with E-state index in [1.807, 2.05) is 13.8 Å². The highest BCUT2D eigenvalue weighted by molar-refractivity contribution is 7.88. The van der Waals surface area contributed by atoms with Gasteiger partial charge in [-0.1, -0.05) is 11.3 Å². The lowest BCUT2D eigenvalue weighted by atomic mass is 9.91. The summed E-state index contributed by atoms with van der Waals surface area (Å²) < 4.78 is 39.2. The van der Waals surface area contributed by atoms with Gasteiger partial charge in [0.05, 0.1) is 23.0 Å². The number of hydrogen-bond donors (Lipinski definition) is 2. The number of nitrogens with zero attached hydrogens (tertiary/aromatic N) is 4. The first kappa shape index (κ1) is 19.9. The molecule has 0 aliphatic carbocycles. The highest BCUT2D eigenvalue weighted by Crippen LogP contribution is 2.34. The molecule has 0 bridgehead atoms. The van der Waals surface area contributed by atoms with Crippen LogP contribution < -0.4 is 10.6 Å². The van der Waals surface area contributed by atoms with Crippen molar-refractivity contribution in [2.24, 2.45) is 0 Å². The molecule has 27 heavy (non-hydrogen) atoms. The van der Waals surface area contributed by atoms with Crippen LogP contribution in [0, 0.1) is 12.7 Å². The van der Waals surface area contributed by atoms with Gasteiger partial charge >= 0.3 is 0 Å². The molecular weight excluding hydrogens is 391 g/mol. The number of anilines is 2. The second-order valence-corrected chi connectivity index (χ2v) is 9.90. The molecule has 0 radical (unpaired) electrons. The van der Waals surface area contributed by atoms with Crippen molar-refractivity contribution in [2.75, 3.05) is 37.0 Å². The molecule has 0 spiro atoms. The van der Waals surface area contributed by atoms with E-state index in [9.17, 15) is 12.8 Å². The van der Waals surface area contributed by atoms with E-state index in [0.29, 0.717) is 47.6 Å². The first-order valence-electron chi connectivity index (χ1n) is 8.53. The number of sulfonamides is 1. The van der Waals surface area contributed by atoms with E-state index in [1.165, 1.54) is 21.9 Å². The summed E-state index contributed by atoms with van der Waals surface area (Å²) in [5, 5.41) is 6.91. The van der Waals surface area contributed by atoms with Crippen LogP contribution >= 0.6 is 11.3 Å². The molecule has 0 atom stereocenters. The number of thiazole rings is 1. The molecule has 1 fully saturated rings. The minimum atomic E-state index is -3.19. The molecule has 8 nitrogen and oxygen atoms in total. The number of aryl methyl sites for hydroxylation is 1. The summed E-state index contributed by atoms with van der Waals surface area (Å²) in [5.74, 6) is -0.187. The van der Waals surface area contributed by atoms with Gasteiger partial charge in [-0.15, -0.1) is 0 Å². The Morgan fingerprint density at radius 1 is 1.30 bits per heavy atom. The number of halogens is 1. The van der Waals surface area contributed by atoms with Crippen molar-refractivity contribution in [3.8, 4) is 10.6 Å². The van der Waals surface area contributed by atoms with Gasteiger partial charge in [0.25, 0.3) is 0 Å². The Morgan fingerprint density at radius 2 is 1.96 bits per heavy atom. The van der Waals surface area contributed by atoms with E-state index in [4.69, 9.17) is 0 Å². The summed E-state index contributed by atoms with van der Waals surface area (Å²) in [5.41, 5.74) is 0.538. The van der Waals surface area contributed by atoms with E-state index in [0.717, 1.165) is 6.20 Å². The van der Waals surface area contributed by atoms with Gasteiger partial charge in [0.1, 0.15) is 5.69 Å². The highest BCUT2D eigenvalue weighted by atomic mass is 32.2. The molecule has 148 valence electrons. The molecule has 2 aromatic heterocycles. The number of aromatic nitrogens is 3. The second-order valence-electron chi connectivity index (χ2n) is 6.92. The van der Waals surface area contributed by atoms with Crippen LogP contribution in [0.3, 0.4) is 0 Å². The normalized spacial score (nSPS) is 17.7. The second kappa shape index (κ2) is 7.28. The summed E-state index contributed by atoms with van der Waals surface area (Å²) >= 11 is 1.33. The quantitative estimate of drug-likeness (QED) is 0.774. The largest absolute Gasteiger partial charge is 0.365 e. The third-order valence-corrected chi connectivity index (χ3v) is 7.16. The molecule has 3 heterocycles. The van der Waals surface area contributed by atoms with Gasteiger partial charge in [0, 0.05) is 25.7 Å². The topological polar surface area (TPSA) is 100 Å². The van der Waals surface area contributed by atoms with E-state index >= 15 is 0 Å². The van der Waals surface area contributed by atoms with Crippen molar-refractivity contribution in [3.05, 3.63) is 17.7 Å². The van der Waals surface area contributed by atoms with Crippen LogP contribution in [0.15, 0.2) is 6.20 Å². The minimum Gasteiger partial charge on any atom is -0.365 e. The lowest BCUT2D eigenvalue weighted by Gasteiger charge is -2.38. The molecule has 0 aromatic carbocycles. The summed E-state index contributed by atoms with van der Waals surface area (Å²) in [6.07, 6.45) is 3.59. The Balaban J connectivity index is 1.81. The van der Waals surface area contributed by atoms with E-state index in [2.05, 4.69) is 25.6 Å². The summed E-state index contributed by atoms with van der Waals surface area (Å²) in [6.45, 7) is 4.66. The number of rotatable bonds is 5. The summed E-state index contributed by atoms with van der Waals surface area (Å²) in [6, 6.07) is 0. The van der Waals surface area contributed by atoms with Crippen molar-refractivity contribution in [2.45, 2.75) is 32.2 Å². The van der Waals surface area contributed by atoms with Crippen LogP contribution in [-0.2, 0) is 10.0 Å². The van der Waals surface area contributed by atoms with Crippen molar-refractivity contribution >= 4 is 32.4 Å². The maximum Gasteiger partial charge on any atom is 0.223 e. The van der Waals surface area contributed by atoms with Crippen molar-refractivity contribution in [1.82, 2.24) is 19.3 Å². The monoisotopic (exact) mass is 414 g/mol. The third kappa shape index (κ3) is 4.36. The average Bonchev–Trinajstić information content (AvgIpc) is 2.97. The fourth-order valence-corrected chi connectivity index (χ4v) is 4.77. The maximum atomic E-state index is 14.3. The summed E-state index contributed by atoms with van der Waals surface area (Å²) in [4.78, 5) is 13.4. The van der Waals surface area contributed by atoms with E-state index in [-0.39, 0.29) is 11.2 Å². The summed E-state index contributed by atoms with van der Waals surface area (Å²) in [7, 11) is -1.43. The molecule has 1 saturated heterocycles. The molecule has 1 aliphatic rings. The Kier molecular flexibility index (Phi) is 5.37. The first-order valence-corrected chi connectivity index (χ1v) is 11.2. The van der Waals surface area contributed by atoms with Crippen molar-refractivity contribution < 1.29 is 12.8 Å². The van der Waals surface area contributed by atoms with Crippen LogP contribution in [0.2, 0.25) is 0 Å². The number of piperidine rings is 1. The molecule has 11 heteroatoms. The average molecular weight is 415 g/mol. The molecule has 2 aromatic rings. The molecule has 3 rings (SSSR count). The van der Waals surface area contributed by atoms with Crippen LogP contribution in [-0.4, -0.2) is 59.6 Å². The zero-order valence-corrected chi connectivity index (χ0v) is 17.3. The van der Waals surface area contributed by atoms with Crippen molar-refractivity contribution in [1.29, 1.82) is 0 Å². The van der Waals surface area contributed by atoms with Crippen molar-refractivity contribution in [3.63, 3.8) is 0 Å². The highest BCUT2D eigenvalue weighted by Gasteiger charge is 2.34. The molecule has 0 unspecified atom stereocenters. The zero-order valence-electron chi connectivity index (χ0n) is 15.7. The Morgan fingerprint density at radius 3 is 2.52 bits per heavy atom. The predicted octanol–water partition coefficient (Wildman–Crippen LogP) is 2.32. The molecule has 0 saturated carbocycles. The SMILES string of the molecule is CNc1nc(C)c(-c2nc(NC3(C)CCN(S(C)(=O)=O)CC3)ncc2F)s1. The van der Waals surface area contributed by atoms with Gasteiger partial charge < -0.3 is 10.6 Å². The Hall–Kier alpha value is -1.85. The van der Waals surface area contributed by atoms with Crippen LogP contribution in [0.25, 0.3) is 10.6 Å². The Bertz CT molecular complexity index is 938. The fraction of sp³-hybridized carbons (Fsp3) is 0.562.